The SMILES string of the molecule is CCSC(=O)Nc1ccc(C2=NNC(=O)CC2C)cc1. The molecule has 1 heterocycles. The van der Waals surface area contributed by atoms with Crippen molar-refractivity contribution in [1.29, 1.82) is 0 Å². The molecule has 0 spiro atoms. The number of hydrazone groups is 1. The molecule has 0 bridgehead atoms. The number of rotatable bonds is 3. The summed E-state index contributed by atoms with van der Waals surface area (Å²) in [6.07, 6.45) is 0.449. The van der Waals surface area contributed by atoms with Gasteiger partial charge in [0.25, 0.3) is 5.24 Å². The van der Waals surface area contributed by atoms with E-state index in [0.717, 1.165) is 22.7 Å². The molecule has 0 fully saturated rings. The number of amides is 2. The molecule has 6 heteroatoms. The topological polar surface area (TPSA) is 70.6 Å². The first-order valence-corrected chi connectivity index (χ1v) is 7.49. The Morgan fingerprint density at radius 3 is 2.75 bits per heavy atom. The zero-order valence-electron chi connectivity index (χ0n) is 11.5. The van der Waals surface area contributed by atoms with E-state index in [0.29, 0.717) is 6.42 Å². The summed E-state index contributed by atoms with van der Waals surface area (Å²) in [5, 5.41) is 6.85. The van der Waals surface area contributed by atoms with Crippen LogP contribution in [0.3, 0.4) is 0 Å². The van der Waals surface area contributed by atoms with E-state index < -0.39 is 0 Å². The van der Waals surface area contributed by atoms with Gasteiger partial charge in [-0.15, -0.1) is 0 Å². The molecule has 2 amide bonds. The van der Waals surface area contributed by atoms with Gasteiger partial charge < -0.3 is 5.32 Å². The van der Waals surface area contributed by atoms with Crippen LogP contribution in [0.1, 0.15) is 25.8 Å². The van der Waals surface area contributed by atoms with Crippen LogP contribution in [0.2, 0.25) is 0 Å². The Labute approximate surface area is 122 Å². The Kier molecular flexibility index (Phi) is 4.79. The summed E-state index contributed by atoms with van der Waals surface area (Å²) in [5.41, 5.74) is 5.08. The normalized spacial score (nSPS) is 18.2. The van der Waals surface area contributed by atoms with Gasteiger partial charge in [0.2, 0.25) is 5.91 Å². The first-order chi connectivity index (χ1) is 9.60. The van der Waals surface area contributed by atoms with Gasteiger partial charge in [-0.2, -0.15) is 5.10 Å². The summed E-state index contributed by atoms with van der Waals surface area (Å²) in [4.78, 5) is 22.7. The second-order valence-corrected chi connectivity index (χ2v) is 5.80. The molecule has 20 heavy (non-hydrogen) atoms. The van der Waals surface area contributed by atoms with Crippen molar-refractivity contribution in [1.82, 2.24) is 5.43 Å². The van der Waals surface area contributed by atoms with Crippen molar-refractivity contribution >= 4 is 34.3 Å². The Balaban J connectivity index is 2.08. The molecule has 0 aliphatic carbocycles. The van der Waals surface area contributed by atoms with Crippen LogP contribution in [0.5, 0.6) is 0 Å². The van der Waals surface area contributed by atoms with E-state index in [1.807, 2.05) is 38.1 Å². The van der Waals surface area contributed by atoms with Gasteiger partial charge in [-0.05, 0) is 23.4 Å². The molecule has 1 atom stereocenters. The minimum atomic E-state index is -0.0594. The van der Waals surface area contributed by atoms with Gasteiger partial charge in [-0.1, -0.05) is 37.7 Å². The Morgan fingerprint density at radius 2 is 2.15 bits per heavy atom. The van der Waals surface area contributed by atoms with Crippen LogP contribution in [0.4, 0.5) is 10.5 Å². The molecule has 5 nitrogen and oxygen atoms in total. The highest BCUT2D eigenvalue weighted by atomic mass is 32.2. The molecular formula is C14H17N3O2S. The summed E-state index contributed by atoms with van der Waals surface area (Å²) >= 11 is 1.24. The third kappa shape index (κ3) is 3.60. The highest BCUT2D eigenvalue weighted by Gasteiger charge is 2.21. The first kappa shape index (κ1) is 14.6. The average molecular weight is 291 g/mol. The molecule has 1 aliphatic rings. The van der Waals surface area contributed by atoms with E-state index in [1.54, 1.807) is 0 Å². The summed E-state index contributed by atoms with van der Waals surface area (Å²) in [7, 11) is 0. The van der Waals surface area contributed by atoms with Crippen molar-refractivity contribution in [2.75, 3.05) is 11.1 Å². The van der Waals surface area contributed by atoms with Crippen LogP contribution < -0.4 is 10.7 Å². The summed E-state index contributed by atoms with van der Waals surface area (Å²) in [6.45, 7) is 3.91. The minimum Gasteiger partial charge on any atom is -0.317 e. The zero-order valence-corrected chi connectivity index (χ0v) is 12.3. The van der Waals surface area contributed by atoms with Crippen molar-refractivity contribution in [2.24, 2.45) is 11.0 Å². The Morgan fingerprint density at radius 1 is 1.45 bits per heavy atom. The predicted octanol–water partition coefficient (Wildman–Crippen LogP) is 2.83. The highest BCUT2D eigenvalue weighted by molar-refractivity contribution is 8.13. The van der Waals surface area contributed by atoms with E-state index in [-0.39, 0.29) is 17.1 Å². The second kappa shape index (κ2) is 6.56. The van der Waals surface area contributed by atoms with Crippen molar-refractivity contribution in [3.05, 3.63) is 29.8 Å². The smallest absolute Gasteiger partial charge is 0.283 e. The van der Waals surface area contributed by atoms with Crippen molar-refractivity contribution in [3.8, 4) is 0 Å². The summed E-state index contributed by atoms with van der Waals surface area (Å²) in [5.74, 6) is 0.791. The number of anilines is 1. The number of carbonyl (C=O) groups is 2. The molecule has 0 radical (unpaired) electrons. The first-order valence-electron chi connectivity index (χ1n) is 6.50. The predicted molar refractivity (Wildman–Crippen MR) is 82.1 cm³/mol. The number of thioether (sulfide) groups is 1. The lowest BCUT2D eigenvalue weighted by Crippen LogP contribution is -2.31. The number of hydrogen-bond acceptors (Lipinski definition) is 4. The van der Waals surface area contributed by atoms with E-state index in [1.165, 1.54) is 11.8 Å². The molecule has 0 saturated heterocycles. The van der Waals surface area contributed by atoms with E-state index in [9.17, 15) is 9.59 Å². The van der Waals surface area contributed by atoms with Gasteiger partial charge in [0.05, 0.1) is 5.71 Å². The molecule has 1 unspecified atom stereocenters. The zero-order chi connectivity index (χ0) is 14.5. The number of carbonyl (C=O) groups excluding carboxylic acids is 2. The molecular weight excluding hydrogens is 274 g/mol. The molecule has 0 saturated carbocycles. The molecule has 2 rings (SSSR count). The fourth-order valence-corrected chi connectivity index (χ4v) is 2.46. The fourth-order valence-electron chi connectivity index (χ4n) is 2.01. The van der Waals surface area contributed by atoms with Crippen LogP contribution in [-0.4, -0.2) is 22.6 Å². The van der Waals surface area contributed by atoms with Crippen LogP contribution >= 0.6 is 11.8 Å². The van der Waals surface area contributed by atoms with Crippen molar-refractivity contribution < 1.29 is 9.59 Å². The largest absolute Gasteiger partial charge is 0.317 e. The Bertz CT molecular complexity index is 540. The van der Waals surface area contributed by atoms with Gasteiger partial charge in [-0.3, -0.25) is 9.59 Å². The average Bonchev–Trinajstić information content (AvgIpc) is 2.40. The van der Waals surface area contributed by atoms with Gasteiger partial charge in [0, 0.05) is 18.0 Å². The lowest BCUT2D eigenvalue weighted by Gasteiger charge is -2.19. The monoisotopic (exact) mass is 291 g/mol. The van der Waals surface area contributed by atoms with Crippen LogP contribution in [0.15, 0.2) is 29.4 Å². The van der Waals surface area contributed by atoms with Crippen LogP contribution in [0.25, 0.3) is 0 Å². The molecule has 2 N–H and O–H groups in total. The lowest BCUT2D eigenvalue weighted by atomic mass is 9.94. The maximum atomic E-state index is 11.5. The molecule has 1 aromatic rings. The molecule has 1 aliphatic heterocycles. The van der Waals surface area contributed by atoms with Crippen LogP contribution in [0, 0.1) is 5.92 Å². The molecule has 106 valence electrons. The molecule has 1 aromatic carbocycles. The number of hydrogen-bond donors (Lipinski definition) is 2. The molecule has 0 aromatic heterocycles. The Hall–Kier alpha value is -1.82. The van der Waals surface area contributed by atoms with Gasteiger partial charge >= 0.3 is 0 Å². The van der Waals surface area contributed by atoms with E-state index >= 15 is 0 Å². The van der Waals surface area contributed by atoms with Gasteiger partial charge in [0.1, 0.15) is 0 Å². The standard InChI is InChI=1S/C14H17N3O2S/c1-3-20-14(19)15-11-6-4-10(5-7-11)13-9(2)8-12(18)16-17-13/h4-7,9H,3,8H2,1-2H3,(H,15,19)(H,16,18). The van der Waals surface area contributed by atoms with Crippen molar-refractivity contribution in [2.45, 2.75) is 20.3 Å². The van der Waals surface area contributed by atoms with Crippen molar-refractivity contribution in [3.63, 3.8) is 0 Å². The third-order valence-electron chi connectivity index (χ3n) is 2.96. The highest BCUT2D eigenvalue weighted by Crippen LogP contribution is 2.19. The fraction of sp³-hybridized carbons (Fsp3) is 0.357. The number of nitrogens with zero attached hydrogens (tertiary/aromatic N) is 1. The second-order valence-electron chi connectivity index (χ2n) is 4.56. The lowest BCUT2D eigenvalue weighted by molar-refractivity contribution is -0.121. The maximum Gasteiger partial charge on any atom is 0.283 e. The number of nitrogens with one attached hydrogen (secondary N) is 2. The number of benzene rings is 1. The quantitative estimate of drug-likeness (QED) is 0.899. The van der Waals surface area contributed by atoms with E-state index in [2.05, 4.69) is 15.8 Å². The van der Waals surface area contributed by atoms with Gasteiger partial charge in [0.15, 0.2) is 0 Å². The van der Waals surface area contributed by atoms with Gasteiger partial charge in [-0.25, -0.2) is 5.43 Å². The third-order valence-corrected chi connectivity index (χ3v) is 3.61. The maximum absolute atomic E-state index is 11.5. The summed E-state index contributed by atoms with van der Waals surface area (Å²) < 4.78 is 0. The van der Waals surface area contributed by atoms with Crippen LogP contribution in [-0.2, 0) is 4.79 Å². The minimum absolute atomic E-state index is 0.0540. The summed E-state index contributed by atoms with van der Waals surface area (Å²) in [6, 6.07) is 7.49. The van der Waals surface area contributed by atoms with E-state index in [4.69, 9.17) is 0 Å².